The number of rotatable bonds is 1. The van der Waals surface area contributed by atoms with Gasteiger partial charge in [0.2, 0.25) is 0 Å². The van der Waals surface area contributed by atoms with Crippen LogP contribution in [0.15, 0.2) is 39.8 Å². The third-order valence-corrected chi connectivity index (χ3v) is 7.23. The van der Waals surface area contributed by atoms with Crippen LogP contribution in [0.2, 0.25) is 13.1 Å². The molecule has 1 atom stereocenters. The third kappa shape index (κ3) is 2.52. The summed E-state index contributed by atoms with van der Waals surface area (Å²) >= 11 is 0. The van der Waals surface area contributed by atoms with E-state index >= 15 is 0 Å². The Morgan fingerprint density at radius 2 is 1.94 bits per heavy atom. The van der Waals surface area contributed by atoms with E-state index in [0.29, 0.717) is 5.92 Å². The predicted octanol–water partition coefficient (Wildman–Crippen LogP) is -2.65. The molecule has 4 heteroatoms. The van der Waals surface area contributed by atoms with Crippen LogP contribution in [0, 0.1) is 12.0 Å². The normalized spacial score (nSPS) is 26.2. The van der Waals surface area contributed by atoms with Crippen molar-refractivity contribution in [2.75, 3.05) is 0 Å². The minimum atomic E-state index is -1.04. The second-order valence-corrected chi connectivity index (χ2v) is 9.28. The molecule has 0 nitrogen and oxygen atoms in total. The average molecular weight is 361 g/mol. The Hall–Kier alpha value is 0.640. The van der Waals surface area contributed by atoms with Gasteiger partial charge in [-0.25, -0.2) is 5.57 Å². The van der Waals surface area contributed by atoms with Crippen molar-refractivity contribution in [1.82, 2.24) is 0 Å². The summed E-state index contributed by atoms with van der Waals surface area (Å²) in [6, 6.07) is 0. The fraction of sp³-hybridized carbons (Fsp3) is 0.385. The first-order chi connectivity index (χ1) is 6.62. The van der Waals surface area contributed by atoms with E-state index in [2.05, 4.69) is 44.3 Å². The van der Waals surface area contributed by atoms with Gasteiger partial charge in [-0.15, -0.1) is 0 Å². The first-order valence-electron chi connectivity index (χ1n) is 5.33. The molecule has 1 radical (unpaired) electrons. The average Bonchev–Trinajstić information content (AvgIpc) is 2.59. The van der Waals surface area contributed by atoms with Crippen LogP contribution in [0.1, 0.15) is 13.3 Å². The minimum absolute atomic E-state index is 0. The summed E-state index contributed by atoms with van der Waals surface area (Å²) in [5, 5.41) is 3.49. The van der Waals surface area contributed by atoms with Gasteiger partial charge in [0.05, 0.1) is 0 Å². The fourth-order valence-electron chi connectivity index (χ4n) is 2.99. The third-order valence-electron chi connectivity index (χ3n) is 3.70. The van der Waals surface area contributed by atoms with Gasteiger partial charge in [0.15, 0.2) is 0 Å². The van der Waals surface area contributed by atoms with Gasteiger partial charge in [-0.2, -0.15) is 10.4 Å². The molecule has 2 aliphatic carbocycles. The van der Waals surface area contributed by atoms with Crippen molar-refractivity contribution in [3.63, 3.8) is 0 Å². The van der Waals surface area contributed by atoms with Gasteiger partial charge in [-0.05, 0) is 6.42 Å². The Labute approximate surface area is 136 Å². The molecular formula is C13H15Cl2SiZr. The first-order valence-corrected chi connectivity index (χ1v) is 8.33. The second kappa shape index (κ2) is 5.74. The maximum absolute atomic E-state index is 3.62. The summed E-state index contributed by atoms with van der Waals surface area (Å²) < 4.78 is 0. The first kappa shape index (κ1) is 17.6. The molecule has 0 aromatic heterocycles. The van der Waals surface area contributed by atoms with Crippen molar-refractivity contribution < 1.29 is 51.0 Å². The van der Waals surface area contributed by atoms with Crippen molar-refractivity contribution in [1.29, 1.82) is 0 Å². The van der Waals surface area contributed by atoms with E-state index in [0.717, 1.165) is 6.42 Å². The molecular weight excluding hydrogens is 346 g/mol. The van der Waals surface area contributed by atoms with E-state index in [1.807, 2.05) is 0 Å². The van der Waals surface area contributed by atoms with Crippen molar-refractivity contribution in [2.45, 2.75) is 26.4 Å². The van der Waals surface area contributed by atoms with Crippen LogP contribution in [0.3, 0.4) is 0 Å². The molecule has 0 spiro atoms. The smallest absolute Gasteiger partial charge is 1.00 e. The van der Waals surface area contributed by atoms with E-state index in [9.17, 15) is 0 Å². The Kier molecular flexibility index (Phi) is 5.95. The fourth-order valence-corrected chi connectivity index (χ4v) is 7.06. The van der Waals surface area contributed by atoms with Gasteiger partial charge in [-0.3, -0.25) is 6.08 Å². The zero-order valence-electron chi connectivity index (χ0n) is 10.3. The van der Waals surface area contributed by atoms with Gasteiger partial charge in [0, 0.05) is 8.07 Å². The van der Waals surface area contributed by atoms with E-state index < -0.39 is 8.07 Å². The molecule has 0 fully saturated rings. The van der Waals surface area contributed by atoms with E-state index in [-0.39, 0.29) is 51.0 Å². The Balaban J connectivity index is 0.000000853. The molecule has 0 saturated heterocycles. The number of allylic oxidation sites excluding steroid dienone is 8. The van der Waals surface area contributed by atoms with Crippen LogP contribution in [-0.4, -0.2) is 8.07 Å². The molecule has 0 bridgehead atoms. The van der Waals surface area contributed by atoms with E-state index in [1.165, 1.54) is 5.57 Å². The molecule has 3 rings (SSSR count). The van der Waals surface area contributed by atoms with Crippen LogP contribution in [0.25, 0.3) is 0 Å². The van der Waals surface area contributed by atoms with Gasteiger partial charge >= 0.3 is 26.2 Å². The Morgan fingerprint density at radius 1 is 1.29 bits per heavy atom. The summed E-state index contributed by atoms with van der Waals surface area (Å²) in [4.78, 5) is 0. The molecule has 3 aliphatic rings. The summed E-state index contributed by atoms with van der Waals surface area (Å²) in [7, 11) is -1.04. The SMILES string of the molecule is CC1=[C-]C(C2=CC=CC2)C2=C1[Si]2(C)C.[Cl-].[Cl-].[Zr+3]. The molecule has 89 valence electrons. The van der Waals surface area contributed by atoms with Crippen LogP contribution in [0.5, 0.6) is 0 Å². The van der Waals surface area contributed by atoms with Crippen LogP contribution in [0.4, 0.5) is 0 Å². The molecule has 1 aliphatic heterocycles. The van der Waals surface area contributed by atoms with Crippen LogP contribution < -0.4 is 24.8 Å². The van der Waals surface area contributed by atoms with Crippen molar-refractivity contribution in [3.8, 4) is 0 Å². The van der Waals surface area contributed by atoms with Crippen LogP contribution in [-0.2, 0) is 26.2 Å². The number of halogens is 2. The van der Waals surface area contributed by atoms with Crippen molar-refractivity contribution in [2.24, 2.45) is 5.92 Å². The van der Waals surface area contributed by atoms with Gasteiger partial charge < -0.3 is 24.8 Å². The molecule has 0 aromatic rings. The van der Waals surface area contributed by atoms with Gasteiger partial charge in [-0.1, -0.05) is 49.7 Å². The minimum Gasteiger partial charge on any atom is -1.00 e. The quantitative estimate of drug-likeness (QED) is 0.354. The van der Waals surface area contributed by atoms with Gasteiger partial charge in [0.25, 0.3) is 0 Å². The van der Waals surface area contributed by atoms with Gasteiger partial charge in [0.1, 0.15) is 0 Å². The van der Waals surface area contributed by atoms with E-state index in [4.69, 9.17) is 0 Å². The van der Waals surface area contributed by atoms with E-state index in [1.54, 1.807) is 16.0 Å². The largest absolute Gasteiger partial charge is 3.00 e. The van der Waals surface area contributed by atoms with Crippen molar-refractivity contribution in [3.05, 3.63) is 45.8 Å². The summed E-state index contributed by atoms with van der Waals surface area (Å²) in [6.07, 6.45) is 11.5. The maximum atomic E-state index is 3.62. The molecule has 0 N–H and O–H groups in total. The summed E-state index contributed by atoms with van der Waals surface area (Å²) in [5.74, 6) is 0.571. The summed E-state index contributed by atoms with van der Waals surface area (Å²) in [6.45, 7) is 7.18. The molecule has 1 heterocycles. The molecule has 0 saturated carbocycles. The Morgan fingerprint density at radius 3 is 2.35 bits per heavy atom. The number of hydrogen-bond acceptors (Lipinski definition) is 0. The molecule has 17 heavy (non-hydrogen) atoms. The Bertz CT molecular complexity index is 444. The van der Waals surface area contributed by atoms with Crippen LogP contribution >= 0.6 is 0 Å². The zero-order chi connectivity index (χ0) is 9.92. The molecule has 1 unspecified atom stereocenters. The topological polar surface area (TPSA) is 0 Å². The molecule has 0 aromatic carbocycles. The standard InChI is InChI=1S/C13H15Si.2ClH.Zr/c1-9-8-11(10-6-4-5-7-10)13-12(9)14(13,2)3;;;/h4-6,11H,7H2,1-3H3;2*1H;/q-1;;;+3/p-2. The second-order valence-electron chi connectivity index (χ2n) is 4.99. The molecule has 0 amide bonds. The maximum Gasteiger partial charge on any atom is 3.00 e. The monoisotopic (exact) mass is 359 g/mol. The zero-order valence-corrected chi connectivity index (χ0v) is 15.2. The van der Waals surface area contributed by atoms with Crippen molar-refractivity contribution >= 4 is 8.07 Å². The predicted molar refractivity (Wildman–Crippen MR) is 62.3 cm³/mol. The summed E-state index contributed by atoms with van der Waals surface area (Å²) in [5.41, 5.74) is 3.02. The number of hydrogen-bond donors (Lipinski definition) is 0.